The molecule has 6 nitrogen and oxygen atoms in total. The zero-order valence-electron chi connectivity index (χ0n) is 16.4. The number of rotatable bonds is 5. The van der Waals surface area contributed by atoms with Crippen LogP contribution in [-0.4, -0.2) is 29.0 Å². The van der Waals surface area contributed by atoms with Crippen LogP contribution in [0.3, 0.4) is 0 Å². The minimum atomic E-state index is -0.316. The molecule has 0 spiro atoms. The van der Waals surface area contributed by atoms with Crippen LogP contribution in [0, 0.1) is 12.7 Å². The smallest absolute Gasteiger partial charge is 0.162 e. The van der Waals surface area contributed by atoms with E-state index in [1.54, 1.807) is 13.2 Å². The van der Waals surface area contributed by atoms with Gasteiger partial charge in [-0.1, -0.05) is 0 Å². The fourth-order valence-electron chi connectivity index (χ4n) is 3.57. The van der Waals surface area contributed by atoms with E-state index < -0.39 is 0 Å². The van der Waals surface area contributed by atoms with Gasteiger partial charge in [-0.2, -0.15) is 0 Å². The Kier molecular flexibility index (Phi) is 5.29. The number of aryl methyl sites for hydroxylation is 1. The molecule has 4 rings (SSSR count). The number of aromatic nitrogens is 2. The van der Waals surface area contributed by atoms with Gasteiger partial charge >= 0.3 is 0 Å². The summed E-state index contributed by atoms with van der Waals surface area (Å²) in [6, 6.07) is 8.36. The molecule has 0 bridgehead atoms. The molecule has 1 aromatic heterocycles. The molecule has 150 valence electrons. The lowest BCUT2D eigenvalue weighted by Crippen LogP contribution is -2.24. The van der Waals surface area contributed by atoms with Gasteiger partial charge in [-0.3, -0.25) is 4.79 Å². The van der Waals surface area contributed by atoms with E-state index in [1.807, 2.05) is 19.1 Å². The molecule has 1 heterocycles. The molecule has 0 unspecified atom stereocenters. The number of nitrogens with one attached hydrogen (secondary N) is 1. The second-order valence-electron chi connectivity index (χ2n) is 7.24. The van der Waals surface area contributed by atoms with Crippen molar-refractivity contribution in [1.82, 2.24) is 9.97 Å². The van der Waals surface area contributed by atoms with Gasteiger partial charge < -0.3 is 14.8 Å². The summed E-state index contributed by atoms with van der Waals surface area (Å²) in [7, 11) is 1.58. The minimum absolute atomic E-state index is 0.0361. The van der Waals surface area contributed by atoms with Crippen LogP contribution in [0.1, 0.15) is 31.2 Å². The van der Waals surface area contributed by atoms with Gasteiger partial charge in [0.15, 0.2) is 11.5 Å². The number of hydrogen-bond donors (Lipinski definition) is 1. The SMILES string of the molecule is COc1cc2ncnc(Nc3cc(C)cc(F)c3)c2cc1OC1CCC(=O)CC1. The zero-order chi connectivity index (χ0) is 20.4. The molecule has 0 amide bonds. The number of nitrogens with zero attached hydrogens (tertiary/aromatic N) is 2. The molecule has 1 aliphatic rings. The summed E-state index contributed by atoms with van der Waals surface area (Å²) in [5.74, 6) is 1.66. The standard InChI is InChI=1S/C22H22FN3O3/c1-13-7-14(23)9-15(8-13)26-22-18-10-21(29-17-5-3-16(27)4-6-17)20(28-2)11-19(18)24-12-25-22/h7-12,17H,3-6H2,1-2H3,(H,24,25,26). The van der Waals surface area contributed by atoms with E-state index in [9.17, 15) is 9.18 Å². The summed E-state index contributed by atoms with van der Waals surface area (Å²) in [4.78, 5) is 20.1. The van der Waals surface area contributed by atoms with Crippen LogP contribution in [0.25, 0.3) is 10.9 Å². The maximum Gasteiger partial charge on any atom is 0.162 e. The van der Waals surface area contributed by atoms with Gasteiger partial charge in [-0.15, -0.1) is 0 Å². The number of ketones is 1. The molecular formula is C22H22FN3O3. The Morgan fingerprint density at radius 1 is 1.07 bits per heavy atom. The first-order valence-electron chi connectivity index (χ1n) is 9.57. The van der Waals surface area contributed by atoms with Crippen LogP contribution in [-0.2, 0) is 4.79 Å². The lowest BCUT2D eigenvalue weighted by Gasteiger charge is -2.23. The first kappa shape index (κ1) is 19.1. The lowest BCUT2D eigenvalue weighted by molar-refractivity contribution is -0.121. The number of fused-ring (bicyclic) bond motifs is 1. The molecule has 2 aromatic carbocycles. The molecule has 7 heteroatoms. The van der Waals surface area contributed by atoms with Crippen LogP contribution in [0.2, 0.25) is 0 Å². The lowest BCUT2D eigenvalue weighted by atomic mass is 9.96. The van der Waals surface area contributed by atoms with Gasteiger partial charge in [0.1, 0.15) is 23.7 Å². The van der Waals surface area contributed by atoms with Crippen LogP contribution >= 0.6 is 0 Å². The number of anilines is 2. The van der Waals surface area contributed by atoms with Gasteiger partial charge in [-0.25, -0.2) is 14.4 Å². The average molecular weight is 395 g/mol. The van der Waals surface area contributed by atoms with Crippen molar-refractivity contribution < 1.29 is 18.7 Å². The summed E-state index contributed by atoms with van der Waals surface area (Å²) in [5.41, 5.74) is 2.09. The van der Waals surface area contributed by atoms with Crippen molar-refractivity contribution in [2.45, 2.75) is 38.7 Å². The molecule has 29 heavy (non-hydrogen) atoms. The van der Waals surface area contributed by atoms with E-state index in [2.05, 4.69) is 15.3 Å². The number of ether oxygens (including phenoxy) is 2. The van der Waals surface area contributed by atoms with Crippen LogP contribution in [0.4, 0.5) is 15.9 Å². The normalized spacial score (nSPS) is 14.8. The Hall–Kier alpha value is -3.22. The molecular weight excluding hydrogens is 373 g/mol. The highest BCUT2D eigenvalue weighted by Gasteiger charge is 2.22. The van der Waals surface area contributed by atoms with Crippen molar-refractivity contribution in [3.63, 3.8) is 0 Å². The second-order valence-corrected chi connectivity index (χ2v) is 7.24. The maximum absolute atomic E-state index is 13.8. The highest BCUT2D eigenvalue weighted by Crippen LogP contribution is 2.36. The average Bonchev–Trinajstić information content (AvgIpc) is 2.69. The molecule has 3 aromatic rings. The Bertz CT molecular complexity index is 1040. The number of benzene rings is 2. The predicted octanol–water partition coefficient (Wildman–Crippen LogP) is 4.72. The summed E-state index contributed by atoms with van der Waals surface area (Å²) in [5, 5.41) is 3.90. The molecule has 1 fully saturated rings. The number of methoxy groups -OCH3 is 1. The fourth-order valence-corrected chi connectivity index (χ4v) is 3.57. The summed E-state index contributed by atoms with van der Waals surface area (Å²) in [6.07, 6.45) is 3.87. The summed E-state index contributed by atoms with van der Waals surface area (Å²) < 4.78 is 25.4. The summed E-state index contributed by atoms with van der Waals surface area (Å²) in [6.45, 7) is 1.83. The highest BCUT2D eigenvalue weighted by atomic mass is 19.1. The van der Waals surface area contributed by atoms with Crippen molar-refractivity contribution in [3.8, 4) is 11.5 Å². The van der Waals surface area contributed by atoms with Crippen LogP contribution in [0.5, 0.6) is 11.5 Å². The number of Topliss-reactive ketones (excluding diaryl/α,β-unsaturated/α-hetero) is 1. The van der Waals surface area contributed by atoms with Crippen molar-refractivity contribution >= 4 is 28.2 Å². The van der Waals surface area contributed by atoms with Gasteiger partial charge in [0, 0.05) is 30.0 Å². The third-order valence-electron chi connectivity index (χ3n) is 5.01. The third-order valence-corrected chi connectivity index (χ3v) is 5.01. The third kappa shape index (κ3) is 4.29. The van der Waals surface area contributed by atoms with Crippen LogP contribution < -0.4 is 14.8 Å². The van der Waals surface area contributed by atoms with Gasteiger partial charge in [-0.05, 0) is 49.6 Å². The summed E-state index contributed by atoms with van der Waals surface area (Å²) >= 11 is 0. The van der Waals surface area contributed by atoms with E-state index in [0.717, 1.165) is 10.9 Å². The van der Waals surface area contributed by atoms with E-state index in [1.165, 1.54) is 18.5 Å². The number of hydrogen-bond acceptors (Lipinski definition) is 6. The fraction of sp³-hybridized carbons (Fsp3) is 0.318. The minimum Gasteiger partial charge on any atom is -0.493 e. The first-order valence-corrected chi connectivity index (χ1v) is 9.57. The maximum atomic E-state index is 13.8. The van der Waals surface area contributed by atoms with Crippen molar-refractivity contribution in [3.05, 3.63) is 48.0 Å². The van der Waals surface area contributed by atoms with Crippen molar-refractivity contribution in [2.24, 2.45) is 0 Å². The molecule has 0 atom stereocenters. The monoisotopic (exact) mass is 395 g/mol. The first-order chi connectivity index (χ1) is 14.0. The quantitative estimate of drug-likeness (QED) is 0.674. The Morgan fingerprint density at radius 2 is 1.86 bits per heavy atom. The van der Waals surface area contributed by atoms with E-state index in [4.69, 9.17) is 9.47 Å². The highest BCUT2D eigenvalue weighted by molar-refractivity contribution is 5.93. The van der Waals surface area contributed by atoms with Crippen molar-refractivity contribution in [2.75, 3.05) is 12.4 Å². The zero-order valence-corrected chi connectivity index (χ0v) is 16.4. The van der Waals surface area contributed by atoms with E-state index in [-0.39, 0.29) is 17.7 Å². The Morgan fingerprint density at radius 3 is 2.59 bits per heavy atom. The second kappa shape index (κ2) is 8.03. The molecule has 1 aliphatic carbocycles. The Labute approximate surface area is 168 Å². The van der Waals surface area contributed by atoms with Gasteiger partial charge in [0.05, 0.1) is 18.7 Å². The Balaban J connectivity index is 1.69. The van der Waals surface area contributed by atoms with Gasteiger partial charge in [0.25, 0.3) is 0 Å². The molecule has 1 N–H and O–H groups in total. The van der Waals surface area contributed by atoms with Crippen molar-refractivity contribution in [1.29, 1.82) is 0 Å². The topological polar surface area (TPSA) is 73.3 Å². The molecule has 1 saturated carbocycles. The molecule has 0 aliphatic heterocycles. The predicted molar refractivity (Wildman–Crippen MR) is 108 cm³/mol. The largest absolute Gasteiger partial charge is 0.493 e. The molecule has 0 saturated heterocycles. The van der Waals surface area contributed by atoms with Gasteiger partial charge in [0.2, 0.25) is 0 Å². The number of carbonyl (C=O) groups excluding carboxylic acids is 1. The van der Waals surface area contributed by atoms with E-state index in [0.29, 0.717) is 54.2 Å². The van der Waals surface area contributed by atoms with Crippen LogP contribution in [0.15, 0.2) is 36.7 Å². The van der Waals surface area contributed by atoms with E-state index >= 15 is 0 Å². The molecule has 0 radical (unpaired) electrons. The number of halogens is 1. The number of carbonyl (C=O) groups is 1.